The van der Waals surface area contributed by atoms with E-state index in [4.69, 9.17) is 4.98 Å². The highest BCUT2D eigenvalue weighted by molar-refractivity contribution is 7.12. The van der Waals surface area contributed by atoms with Gasteiger partial charge in [0.2, 0.25) is 0 Å². The standard InChI is InChI=1S/C23H19N5OS/c1-15-6-5-7-17(12-15)26-22(29)18-13-21(27-10-4-3-8-20(18)27)19-14-28(16(2)25-19)23-24-9-11-30-23/h3-14H,1-2H3,(H,26,29). The van der Waals surface area contributed by atoms with Crippen molar-refractivity contribution in [1.82, 2.24) is 18.9 Å². The van der Waals surface area contributed by atoms with Crippen LogP contribution in [0.5, 0.6) is 0 Å². The van der Waals surface area contributed by atoms with Gasteiger partial charge in [0.1, 0.15) is 11.5 Å². The summed E-state index contributed by atoms with van der Waals surface area (Å²) in [6, 6.07) is 15.5. The summed E-state index contributed by atoms with van der Waals surface area (Å²) in [5, 5.41) is 5.81. The van der Waals surface area contributed by atoms with Gasteiger partial charge >= 0.3 is 0 Å². The van der Waals surface area contributed by atoms with Gasteiger partial charge in [0.05, 0.1) is 16.8 Å². The maximum absolute atomic E-state index is 13.1. The van der Waals surface area contributed by atoms with Crippen LogP contribution in [0.25, 0.3) is 22.0 Å². The van der Waals surface area contributed by atoms with Gasteiger partial charge in [-0.25, -0.2) is 9.97 Å². The minimum absolute atomic E-state index is 0.147. The van der Waals surface area contributed by atoms with Gasteiger partial charge < -0.3 is 9.72 Å². The average molecular weight is 414 g/mol. The van der Waals surface area contributed by atoms with Gasteiger partial charge in [-0.1, -0.05) is 18.2 Å². The number of aromatic nitrogens is 4. The lowest BCUT2D eigenvalue weighted by molar-refractivity contribution is 0.102. The van der Waals surface area contributed by atoms with E-state index in [1.54, 1.807) is 17.5 Å². The third kappa shape index (κ3) is 3.19. The van der Waals surface area contributed by atoms with Crippen LogP contribution in [0.3, 0.4) is 0 Å². The number of thiazole rings is 1. The Morgan fingerprint density at radius 1 is 1.10 bits per heavy atom. The second-order valence-electron chi connectivity index (χ2n) is 7.08. The summed E-state index contributed by atoms with van der Waals surface area (Å²) < 4.78 is 3.97. The summed E-state index contributed by atoms with van der Waals surface area (Å²) in [5.41, 5.74) is 4.96. The van der Waals surface area contributed by atoms with Crippen molar-refractivity contribution in [2.24, 2.45) is 0 Å². The fraction of sp³-hybridized carbons (Fsp3) is 0.0870. The number of pyridine rings is 1. The summed E-state index contributed by atoms with van der Waals surface area (Å²) in [6.45, 7) is 3.95. The molecule has 1 aromatic carbocycles. The zero-order chi connectivity index (χ0) is 20.7. The first-order chi connectivity index (χ1) is 14.6. The Hall–Kier alpha value is -3.71. The molecule has 7 heteroatoms. The second kappa shape index (κ2) is 7.27. The molecule has 0 saturated heterocycles. The van der Waals surface area contributed by atoms with E-state index >= 15 is 0 Å². The second-order valence-corrected chi connectivity index (χ2v) is 7.95. The van der Waals surface area contributed by atoms with Crippen LogP contribution in [0, 0.1) is 13.8 Å². The number of amides is 1. The molecule has 4 heterocycles. The fourth-order valence-corrected chi connectivity index (χ4v) is 4.24. The Labute approximate surface area is 177 Å². The van der Waals surface area contributed by atoms with Crippen LogP contribution in [-0.4, -0.2) is 24.8 Å². The first-order valence-electron chi connectivity index (χ1n) is 9.54. The topological polar surface area (TPSA) is 64.2 Å². The van der Waals surface area contributed by atoms with E-state index in [-0.39, 0.29) is 5.91 Å². The van der Waals surface area contributed by atoms with Crippen LogP contribution < -0.4 is 5.32 Å². The van der Waals surface area contributed by atoms with Gasteiger partial charge in [-0.15, -0.1) is 11.3 Å². The molecule has 30 heavy (non-hydrogen) atoms. The number of rotatable bonds is 4. The molecule has 0 radical (unpaired) electrons. The predicted molar refractivity (Wildman–Crippen MR) is 119 cm³/mol. The van der Waals surface area contributed by atoms with Crippen molar-refractivity contribution in [2.75, 3.05) is 5.32 Å². The number of anilines is 1. The predicted octanol–water partition coefficient (Wildman–Crippen LogP) is 5.12. The molecule has 148 valence electrons. The molecule has 0 fully saturated rings. The van der Waals surface area contributed by atoms with Crippen LogP contribution in [0.2, 0.25) is 0 Å². The van der Waals surface area contributed by atoms with Crippen molar-refractivity contribution in [3.63, 3.8) is 0 Å². The SMILES string of the molecule is Cc1cccc(NC(=O)c2cc(-c3cn(-c4nccs4)c(C)n3)n3ccccc23)c1. The van der Waals surface area contributed by atoms with Crippen LogP contribution in [-0.2, 0) is 0 Å². The smallest absolute Gasteiger partial charge is 0.257 e. The number of nitrogens with zero attached hydrogens (tertiary/aromatic N) is 4. The number of carbonyl (C=O) groups is 1. The Morgan fingerprint density at radius 3 is 2.80 bits per heavy atom. The maximum Gasteiger partial charge on any atom is 0.257 e. The van der Waals surface area contributed by atoms with Crippen molar-refractivity contribution in [3.8, 4) is 16.5 Å². The minimum atomic E-state index is -0.147. The van der Waals surface area contributed by atoms with E-state index in [1.807, 2.05) is 89.1 Å². The molecule has 0 aliphatic rings. The lowest BCUT2D eigenvalue weighted by Crippen LogP contribution is -2.11. The van der Waals surface area contributed by atoms with Gasteiger partial charge in [0.15, 0.2) is 5.13 Å². The number of nitrogens with one attached hydrogen (secondary N) is 1. The third-order valence-corrected chi connectivity index (χ3v) is 5.74. The Balaban J connectivity index is 1.58. The lowest BCUT2D eigenvalue weighted by Gasteiger charge is -2.05. The van der Waals surface area contributed by atoms with Gasteiger partial charge in [-0.3, -0.25) is 9.36 Å². The van der Waals surface area contributed by atoms with Crippen LogP contribution in [0.4, 0.5) is 5.69 Å². The van der Waals surface area contributed by atoms with E-state index in [1.165, 1.54) is 0 Å². The molecule has 4 aromatic heterocycles. The number of imidazole rings is 1. The van der Waals surface area contributed by atoms with Crippen molar-refractivity contribution in [3.05, 3.63) is 89.5 Å². The summed E-state index contributed by atoms with van der Waals surface area (Å²) in [6.07, 6.45) is 5.69. The van der Waals surface area contributed by atoms with E-state index in [0.717, 1.165) is 39.1 Å². The minimum Gasteiger partial charge on any atom is -0.322 e. The molecule has 0 aliphatic carbocycles. The van der Waals surface area contributed by atoms with Gasteiger partial charge in [0, 0.05) is 29.7 Å². The summed E-state index contributed by atoms with van der Waals surface area (Å²) >= 11 is 1.56. The molecule has 1 N–H and O–H groups in total. The maximum atomic E-state index is 13.1. The average Bonchev–Trinajstić information content (AvgIpc) is 3.46. The lowest BCUT2D eigenvalue weighted by atomic mass is 10.2. The van der Waals surface area contributed by atoms with Crippen LogP contribution in [0.15, 0.2) is 72.5 Å². The number of hydrogen-bond acceptors (Lipinski definition) is 4. The normalized spacial score (nSPS) is 11.1. The molecule has 0 aliphatic heterocycles. The van der Waals surface area contributed by atoms with Crippen molar-refractivity contribution >= 4 is 28.4 Å². The highest BCUT2D eigenvalue weighted by Gasteiger charge is 2.19. The first-order valence-corrected chi connectivity index (χ1v) is 10.4. The molecule has 6 nitrogen and oxygen atoms in total. The molecule has 0 bridgehead atoms. The van der Waals surface area contributed by atoms with E-state index in [0.29, 0.717) is 5.56 Å². The van der Waals surface area contributed by atoms with Gasteiger partial charge in [-0.2, -0.15) is 0 Å². The number of carbonyl (C=O) groups excluding carboxylic acids is 1. The number of benzene rings is 1. The monoisotopic (exact) mass is 413 g/mol. The molecule has 0 spiro atoms. The quantitative estimate of drug-likeness (QED) is 0.445. The van der Waals surface area contributed by atoms with Crippen LogP contribution >= 0.6 is 11.3 Å². The number of fused-ring (bicyclic) bond motifs is 1. The van der Waals surface area contributed by atoms with Crippen molar-refractivity contribution < 1.29 is 4.79 Å². The highest BCUT2D eigenvalue weighted by Crippen LogP contribution is 2.28. The Bertz CT molecular complexity index is 1360. The zero-order valence-electron chi connectivity index (χ0n) is 16.5. The largest absolute Gasteiger partial charge is 0.322 e. The number of hydrogen-bond donors (Lipinski definition) is 1. The zero-order valence-corrected chi connectivity index (χ0v) is 17.4. The molecule has 1 amide bonds. The van der Waals surface area contributed by atoms with E-state index in [9.17, 15) is 4.79 Å². The molecular formula is C23H19N5OS. The fourth-order valence-electron chi connectivity index (χ4n) is 3.58. The molecule has 0 unspecified atom stereocenters. The molecular weight excluding hydrogens is 394 g/mol. The van der Waals surface area contributed by atoms with Gasteiger partial charge in [0.25, 0.3) is 5.91 Å². The van der Waals surface area contributed by atoms with Crippen LogP contribution in [0.1, 0.15) is 21.7 Å². The summed E-state index contributed by atoms with van der Waals surface area (Å²) in [4.78, 5) is 22.2. The van der Waals surface area contributed by atoms with Crippen molar-refractivity contribution in [1.29, 1.82) is 0 Å². The highest BCUT2D eigenvalue weighted by atomic mass is 32.1. The van der Waals surface area contributed by atoms with Gasteiger partial charge in [-0.05, 0) is 49.7 Å². The summed E-state index contributed by atoms with van der Waals surface area (Å²) in [7, 11) is 0. The van der Waals surface area contributed by atoms with E-state index < -0.39 is 0 Å². The number of aryl methyl sites for hydroxylation is 2. The van der Waals surface area contributed by atoms with Crippen molar-refractivity contribution in [2.45, 2.75) is 13.8 Å². The third-order valence-electron chi connectivity index (χ3n) is 4.97. The molecule has 0 saturated carbocycles. The Kier molecular flexibility index (Phi) is 4.44. The summed E-state index contributed by atoms with van der Waals surface area (Å²) in [5.74, 6) is 0.697. The first kappa shape index (κ1) is 18.3. The van der Waals surface area contributed by atoms with E-state index in [2.05, 4.69) is 10.3 Å². The Morgan fingerprint density at radius 2 is 2.00 bits per heavy atom. The molecule has 5 rings (SSSR count). The molecule has 5 aromatic rings. The molecule has 0 atom stereocenters.